The molecule has 10 heteroatoms. The summed E-state index contributed by atoms with van der Waals surface area (Å²) in [4.78, 5) is 0.0426. The van der Waals surface area contributed by atoms with E-state index in [0.29, 0.717) is 6.54 Å². The Morgan fingerprint density at radius 1 is 1.15 bits per heavy atom. The molecule has 0 aliphatic heterocycles. The standard InChI is InChI=1S/C10H15NO6S2.K/c1-2-11-9-3-5-10(6-4-9)18(12,13)8-7-17-19(14,15)16;/h3-6,11H,2,7-8H2,1H3,(H,14,15,16);/q;+1/p-1. The molecule has 0 radical (unpaired) electrons. The number of anilines is 1. The fourth-order valence-electron chi connectivity index (χ4n) is 1.35. The Hall–Kier alpha value is 0.476. The van der Waals surface area contributed by atoms with Crippen LogP contribution >= 0.6 is 0 Å². The van der Waals surface area contributed by atoms with Crippen LogP contribution in [0.3, 0.4) is 0 Å². The topological polar surface area (TPSA) is 113 Å². The van der Waals surface area contributed by atoms with Gasteiger partial charge in [-0.3, -0.25) is 4.18 Å². The monoisotopic (exact) mass is 347 g/mol. The zero-order valence-corrected chi connectivity index (χ0v) is 16.0. The van der Waals surface area contributed by atoms with E-state index in [4.69, 9.17) is 0 Å². The average molecular weight is 347 g/mol. The minimum Gasteiger partial charge on any atom is -0.726 e. The van der Waals surface area contributed by atoms with Crippen LogP contribution in [-0.4, -0.2) is 40.3 Å². The van der Waals surface area contributed by atoms with E-state index in [0.717, 1.165) is 5.69 Å². The van der Waals surface area contributed by atoms with Crippen LogP contribution in [0.1, 0.15) is 6.92 Å². The van der Waals surface area contributed by atoms with Crippen LogP contribution in [0.15, 0.2) is 29.2 Å². The molecule has 0 atom stereocenters. The first-order valence-corrected chi connectivity index (χ1v) is 8.40. The maximum absolute atomic E-state index is 11.8. The molecule has 20 heavy (non-hydrogen) atoms. The molecule has 1 N–H and O–H groups in total. The number of hydrogen-bond acceptors (Lipinski definition) is 7. The molecule has 0 aliphatic rings. The van der Waals surface area contributed by atoms with Gasteiger partial charge in [0.15, 0.2) is 9.84 Å². The third kappa shape index (κ3) is 7.47. The van der Waals surface area contributed by atoms with E-state index in [2.05, 4.69) is 9.50 Å². The van der Waals surface area contributed by atoms with Crippen LogP contribution in [0.5, 0.6) is 0 Å². The fourth-order valence-corrected chi connectivity index (χ4v) is 2.83. The largest absolute Gasteiger partial charge is 1.00 e. The van der Waals surface area contributed by atoms with E-state index in [1.165, 1.54) is 12.1 Å². The molecule has 108 valence electrons. The van der Waals surface area contributed by atoms with Crippen LogP contribution in [0, 0.1) is 0 Å². The predicted molar refractivity (Wildman–Crippen MR) is 68.3 cm³/mol. The molecular weight excluding hydrogens is 333 g/mol. The van der Waals surface area contributed by atoms with E-state index in [9.17, 15) is 21.4 Å². The average Bonchev–Trinajstić information content (AvgIpc) is 2.28. The third-order valence-electron chi connectivity index (χ3n) is 2.17. The summed E-state index contributed by atoms with van der Waals surface area (Å²) >= 11 is 0. The summed E-state index contributed by atoms with van der Waals surface area (Å²) in [7, 11) is -8.54. The molecule has 1 aromatic rings. The van der Waals surface area contributed by atoms with Crippen molar-refractivity contribution in [3.8, 4) is 0 Å². The molecule has 0 saturated heterocycles. The van der Waals surface area contributed by atoms with E-state index in [-0.39, 0.29) is 56.3 Å². The van der Waals surface area contributed by atoms with Gasteiger partial charge >= 0.3 is 51.4 Å². The summed E-state index contributed by atoms with van der Waals surface area (Å²) in [5, 5.41) is 3.01. The fraction of sp³-hybridized carbons (Fsp3) is 0.400. The zero-order chi connectivity index (χ0) is 14.5. The van der Waals surface area contributed by atoms with Gasteiger partial charge in [0.1, 0.15) is 0 Å². The van der Waals surface area contributed by atoms with Gasteiger partial charge in [-0.1, -0.05) is 0 Å². The van der Waals surface area contributed by atoms with Crippen molar-refractivity contribution in [2.45, 2.75) is 11.8 Å². The minimum absolute atomic E-state index is 0. The molecular formula is C10H14KNO6S2. The number of sulfone groups is 1. The van der Waals surface area contributed by atoms with Crippen molar-refractivity contribution in [2.75, 3.05) is 24.2 Å². The van der Waals surface area contributed by atoms with Gasteiger partial charge in [-0.15, -0.1) is 0 Å². The van der Waals surface area contributed by atoms with Crippen molar-refractivity contribution in [2.24, 2.45) is 0 Å². The van der Waals surface area contributed by atoms with Crippen LogP contribution in [0.2, 0.25) is 0 Å². The van der Waals surface area contributed by atoms with Crippen molar-refractivity contribution < 1.29 is 77.0 Å². The molecule has 0 bridgehead atoms. The quantitative estimate of drug-likeness (QED) is 0.326. The van der Waals surface area contributed by atoms with Gasteiger partial charge in [0, 0.05) is 12.2 Å². The van der Waals surface area contributed by atoms with Crippen molar-refractivity contribution in [1.82, 2.24) is 0 Å². The van der Waals surface area contributed by atoms with E-state index in [1.807, 2.05) is 6.92 Å². The van der Waals surface area contributed by atoms with Gasteiger partial charge in [-0.05, 0) is 31.2 Å². The van der Waals surface area contributed by atoms with Gasteiger partial charge in [0.05, 0.1) is 17.3 Å². The van der Waals surface area contributed by atoms with E-state index < -0.39 is 32.6 Å². The van der Waals surface area contributed by atoms with Crippen LogP contribution in [0.4, 0.5) is 5.69 Å². The maximum Gasteiger partial charge on any atom is 1.00 e. The third-order valence-corrected chi connectivity index (χ3v) is 4.32. The number of nitrogens with one attached hydrogen (secondary N) is 1. The molecule has 0 fully saturated rings. The Labute approximate surface area is 161 Å². The van der Waals surface area contributed by atoms with Gasteiger partial charge in [0.25, 0.3) is 0 Å². The van der Waals surface area contributed by atoms with Gasteiger partial charge < -0.3 is 9.87 Å². The van der Waals surface area contributed by atoms with Crippen molar-refractivity contribution >= 4 is 25.9 Å². The second kappa shape index (κ2) is 8.81. The second-order valence-electron chi connectivity index (χ2n) is 3.60. The van der Waals surface area contributed by atoms with E-state index >= 15 is 0 Å². The summed E-state index contributed by atoms with van der Waals surface area (Å²) in [6.45, 7) is 1.93. The van der Waals surface area contributed by atoms with Gasteiger partial charge in [-0.25, -0.2) is 16.8 Å². The smallest absolute Gasteiger partial charge is 0.726 e. The maximum atomic E-state index is 11.8. The molecule has 1 aromatic carbocycles. The van der Waals surface area contributed by atoms with Crippen LogP contribution < -0.4 is 56.7 Å². The molecule has 0 aliphatic carbocycles. The first-order valence-electron chi connectivity index (χ1n) is 5.41. The Balaban J connectivity index is 0.00000361. The summed E-state index contributed by atoms with van der Waals surface area (Å²) in [6.07, 6.45) is 0. The first-order chi connectivity index (χ1) is 8.74. The van der Waals surface area contributed by atoms with Crippen LogP contribution in [-0.2, 0) is 24.4 Å². The molecule has 0 amide bonds. The first kappa shape index (κ1) is 20.5. The zero-order valence-electron chi connectivity index (χ0n) is 11.2. The van der Waals surface area contributed by atoms with Gasteiger partial charge in [0.2, 0.25) is 10.4 Å². The predicted octanol–water partition coefficient (Wildman–Crippen LogP) is -2.63. The normalized spacial score (nSPS) is 11.7. The minimum atomic E-state index is -4.87. The SMILES string of the molecule is CCNc1ccc(S(=O)(=O)CCOS(=O)(=O)[O-])cc1.[K+]. The summed E-state index contributed by atoms with van der Waals surface area (Å²) in [5.74, 6) is -0.574. The number of benzene rings is 1. The van der Waals surface area contributed by atoms with Crippen LogP contribution in [0.25, 0.3) is 0 Å². The van der Waals surface area contributed by atoms with Crippen molar-refractivity contribution in [1.29, 1.82) is 0 Å². The molecule has 0 spiro atoms. The molecule has 0 saturated carbocycles. The van der Waals surface area contributed by atoms with Crippen molar-refractivity contribution in [3.05, 3.63) is 24.3 Å². The molecule has 1 rings (SSSR count). The molecule has 0 unspecified atom stereocenters. The number of hydrogen-bond donors (Lipinski definition) is 1. The second-order valence-corrected chi connectivity index (χ2v) is 6.77. The Bertz CT molecular complexity index is 612. The Morgan fingerprint density at radius 2 is 1.70 bits per heavy atom. The van der Waals surface area contributed by atoms with E-state index in [1.54, 1.807) is 12.1 Å². The van der Waals surface area contributed by atoms with Gasteiger partial charge in [-0.2, -0.15) is 0 Å². The summed E-state index contributed by atoms with van der Waals surface area (Å²) < 4.78 is 58.0. The molecule has 0 aromatic heterocycles. The molecule has 7 nitrogen and oxygen atoms in total. The Morgan fingerprint density at radius 3 is 2.15 bits per heavy atom. The van der Waals surface area contributed by atoms with Crippen molar-refractivity contribution in [3.63, 3.8) is 0 Å². The Kier molecular flexibility index (Phi) is 9.02. The number of rotatable bonds is 7. The molecule has 0 heterocycles. The summed E-state index contributed by atoms with van der Waals surface area (Å²) in [6, 6.07) is 6.00. The summed E-state index contributed by atoms with van der Waals surface area (Å²) in [5.41, 5.74) is 0.778.